The standard InChI is InChI=1S/C21H33N3OS/c1-16-4-6-17(7-5-16)20(23(2)3)21(25)22-18-8-12-24(13-9-18)19-10-14-26-15-11-19/h4-7,18-20H,8-15H2,1-3H3,(H,22,25)/t20-/m0/s1. The molecule has 0 unspecified atom stereocenters. The zero-order valence-electron chi connectivity index (χ0n) is 16.4. The first kappa shape index (κ1) is 19.7. The number of thioether (sulfide) groups is 1. The van der Waals surface area contributed by atoms with Crippen molar-refractivity contribution < 1.29 is 4.79 Å². The van der Waals surface area contributed by atoms with Crippen molar-refractivity contribution in [2.45, 2.75) is 50.7 Å². The van der Waals surface area contributed by atoms with Crippen molar-refractivity contribution in [1.29, 1.82) is 0 Å². The summed E-state index contributed by atoms with van der Waals surface area (Å²) < 4.78 is 0. The van der Waals surface area contributed by atoms with Crippen molar-refractivity contribution in [3.63, 3.8) is 0 Å². The van der Waals surface area contributed by atoms with Gasteiger partial charge < -0.3 is 10.2 Å². The average molecular weight is 376 g/mol. The highest BCUT2D eigenvalue weighted by molar-refractivity contribution is 7.99. The molecular weight excluding hydrogens is 342 g/mol. The van der Waals surface area contributed by atoms with Crippen LogP contribution in [0.15, 0.2) is 24.3 Å². The van der Waals surface area contributed by atoms with Gasteiger partial charge in [-0.05, 0) is 63.8 Å². The van der Waals surface area contributed by atoms with Crippen LogP contribution in [0.1, 0.15) is 42.9 Å². The predicted octanol–water partition coefficient (Wildman–Crippen LogP) is 3.07. The van der Waals surface area contributed by atoms with Crippen LogP contribution in [0.4, 0.5) is 0 Å². The summed E-state index contributed by atoms with van der Waals surface area (Å²) >= 11 is 2.09. The van der Waals surface area contributed by atoms with E-state index in [0.717, 1.165) is 37.5 Å². The van der Waals surface area contributed by atoms with Crippen LogP contribution >= 0.6 is 11.8 Å². The summed E-state index contributed by atoms with van der Waals surface area (Å²) in [5.74, 6) is 2.75. The number of aryl methyl sites for hydroxylation is 1. The van der Waals surface area contributed by atoms with Gasteiger partial charge in [-0.3, -0.25) is 9.69 Å². The molecule has 0 aliphatic carbocycles. The molecule has 2 aliphatic heterocycles. The lowest BCUT2D eigenvalue weighted by Crippen LogP contribution is -2.50. The lowest BCUT2D eigenvalue weighted by molar-refractivity contribution is -0.126. The number of hydrogen-bond acceptors (Lipinski definition) is 4. The van der Waals surface area contributed by atoms with Crippen molar-refractivity contribution in [2.24, 2.45) is 0 Å². The maximum atomic E-state index is 13.0. The Morgan fingerprint density at radius 1 is 1.12 bits per heavy atom. The van der Waals surface area contributed by atoms with E-state index in [1.54, 1.807) is 0 Å². The van der Waals surface area contributed by atoms with Crippen LogP contribution in [0, 0.1) is 6.92 Å². The molecule has 2 fully saturated rings. The van der Waals surface area contributed by atoms with Gasteiger partial charge in [0.25, 0.3) is 0 Å². The molecule has 2 saturated heterocycles. The van der Waals surface area contributed by atoms with Crippen LogP contribution < -0.4 is 5.32 Å². The highest BCUT2D eigenvalue weighted by Crippen LogP contribution is 2.25. The fraction of sp³-hybridized carbons (Fsp3) is 0.667. The molecule has 0 spiro atoms. The Labute approximate surface area is 162 Å². The third-order valence-electron chi connectivity index (χ3n) is 5.74. The number of nitrogens with zero attached hydrogens (tertiary/aromatic N) is 2. The molecule has 1 aromatic rings. The molecule has 1 atom stereocenters. The van der Waals surface area contributed by atoms with Gasteiger partial charge >= 0.3 is 0 Å². The highest BCUT2D eigenvalue weighted by atomic mass is 32.2. The van der Waals surface area contributed by atoms with Crippen LogP contribution in [-0.2, 0) is 4.79 Å². The summed E-state index contributed by atoms with van der Waals surface area (Å²) in [5, 5.41) is 3.33. The van der Waals surface area contributed by atoms with Gasteiger partial charge in [0.15, 0.2) is 0 Å². The number of amides is 1. The molecule has 144 valence electrons. The minimum absolute atomic E-state index is 0.131. The maximum absolute atomic E-state index is 13.0. The zero-order chi connectivity index (χ0) is 18.5. The Morgan fingerprint density at radius 3 is 2.31 bits per heavy atom. The quantitative estimate of drug-likeness (QED) is 0.858. The Kier molecular flexibility index (Phi) is 7.01. The van der Waals surface area contributed by atoms with E-state index in [-0.39, 0.29) is 11.9 Å². The number of piperidine rings is 1. The molecule has 1 amide bonds. The molecule has 0 bridgehead atoms. The van der Waals surface area contributed by atoms with Crippen LogP contribution in [0.3, 0.4) is 0 Å². The first-order chi connectivity index (χ1) is 12.5. The summed E-state index contributed by atoms with van der Waals surface area (Å²) in [5.41, 5.74) is 2.29. The van der Waals surface area contributed by atoms with Gasteiger partial charge in [-0.1, -0.05) is 29.8 Å². The normalized spacial score (nSPS) is 21.7. The van der Waals surface area contributed by atoms with Gasteiger partial charge in [-0.15, -0.1) is 0 Å². The summed E-state index contributed by atoms with van der Waals surface area (Å²) in [6.45, 7) is 4.32. The molecule has 0 radical (unpaired) electrons. The number of benzene rings is 1. The van der Waals surface area contributed by atoms with Gasteiger partial charge in [-0.25, -0.2) is 0 Å². The summed E-state index contributed by atoms with van der Waals surface area (Å²) in [6.07, 6.45) is 4.81. The predicted molar refractivity (Wildman–Crippen MR) is 111 cm³/mol. The van der Waals surface area contributed by atoms with Crippen LogP contribution in [0.25, 0.3) is 0 Å². The number of likely N-dealkylation sites (N-methyl/N-ethyl adjacent to an activating group) is 1. The molecule has 0 saturated carbocycles. The monoisotopic (exact) mass is 375 g/mol. The topological polar surface area (TPSA) is 35.6 Å². The van der Waals surface area contributed by atoms with Gasteiger partial charge in [0, 0.05) is 25.2 Å². The number of nitrogens with one attached hydrogen (secondary N) is 1. The highest BCUT2D eigenvalue weighted by Gasteiger charge is 2.29. The molecule has 0 aromatic heterocycles. The van der Waals surface area contributed by atoms with Crippen LogP contribution in [-0.4, -0.2) is 66.5 Å². The van der Waals surface area contributed by atoms with Crippen molar-refractivity contribution >= 4 is 17.7 Å². The van der Waals surface area contributed by atoms with Crippen LogP contribution in [0.2, 0.25) is 0 Å². The number of likely N-dealkylation sites (tertiary alicyclic amines) is 1. The second-order valence-corrected chi connectivity index (χ2v) is 9.16. The first-order valence-electron chi connectivity index (χ1n) is 9.90. The third kappa shape index (κ3) is 5.02. The lowest BCUT2D eigenvalue weighted by atomic mass is 9.99. The molecule has 3 rings (SSSR count). The SMILES string of the molecule is Cc1ccc([C@@H](C(=O)NC2CCN(C3CCSCC3)CC2)N(C)C)cc1. The smallest absolute Gasteiger partial charge is 0.242 e. The maximum Gasteiger partial charge on any atom is 0.242 e. The Morgan fingerprint density at radius 2 is 1.73 bits per heavy atom. The Hall–Kier alpha value is -1.04. The molecule has 2 heterocycles. The van der Waals surface area contributed by atoms with E-state index in [9.17, 15) is 4.79 Å². The summed E-state index contributed by atoms with van der Waals surface area (Å²) in [7, 11) is 3.96. The minimum atomic E-state index is -0.219. The van der Waals surface area contributed by atoms with Crippen molar-refractivity contribution in [3.05, 3.63) is 35.4 Å². The molecule has 1 aromatic carbocycles. The number of rotatable bonds is 5. The third-order valence-corrected chi connectivity index (χ3v) is 6.79. The fourth-order valence-corrected chi connectivity index (χ4v) is 5.25. The van der Waals surface area contributed by atoms with Gasteiger partial charge in [0.1, 0.15) is 6.04 Å². The van der Waals surface area contributed by atoms with Crippen molar-refractivity contribution in [1.82, 2.24) is 15.1 Å². The molecule has 26 heavy (non-hydrogen) atoms. The summed E-state index contributed by atoms with van der Waals surface area (Å²) in [4.78, 5) is 17.6. The number of carbonyl (C=O) groups excluding carboxylic acids is 1. The minimum Gasteiger partial charge on any atom is -0.352 e. The van der Waals surface area contributed by atoms with E-state index >= 15 is 0 Å². The molecule has 5 heteroatoms. The fourth-order valence-electron chi connectivity index (χ4n) is 4.17. The van der Waals surface area contributed by atoms with E-state index < -0.39 is 0 Å². The Bertz CT molecular complexity index is 575. The largest absolute Gasteiger partial charge is 0.352 e. The van der Waals surface area contributed by atoms with Crippen molar-refractivity contribution in [2.75, 3.05) is 38.7 Å². The molecule has 4 nitrogen and oxygen atoms in total. The second kappa shape index (κ2) is 9.25. The number of hydrogen-bond donors (Lipinski definition) is 1. The number of carbonyl (C=O) groups is 1. The molecule has 2 aliphatic rings. The van der Waals surface area contributed by atoms with Crippen LogP contribution in [0.5, 0.6) is 0 Å². The second-order valence-electron chi connectivity index (χ2n) is 7.94. The van der Waals surface area contributed by atoms with Gasteiger partial charge in [0.2, 0.25) is 5.91 Å². The molecular formula is C21H33N3OS. The van der Waals surface area contributed by atoms with Gasteiger partial charge in [0.05, 0.1) is 0 Å². The van der Waals surface area contributed by atoms with E-state index in [0.29, 0.717) is 6.04 Å². The van der Waals surface area contributed by atoms with Gasteiger partial charge in [-0.2, -0.15) is 11.8 Å². The Balaban J connectivity index is 1.54. The van der Waals surface area contributed by atoms with E-state index in [1.807, 2.05) is 19.0 Å². The van der Waals surface area contributed by atoms with Crippen molar-refractivity contribution in [3.8, 4) is 0 Å². The average Bonchev–Trinajstić information content (AvgIpc) is 2.64. The zero-order valence-corrected chi connectivity index (χ0v) is 17.2. The molecule has 1 N–H and O–H groups in total. The first-order valence-corrected chi connectivity index (χ1v) is 11.0. The summed E-state index contributed by atoms with van der Waals surface area (Å²) in [6, 6.07) is 9.18. The lowest BCUT2D eigenvalue weighted by Gasteiger charge is -2.39. The van der Waals surface area contributed by atoms with E-state index in [2.05, 4.69) is 53.2 Å². The van der Waals surface area contributed by atoms with E-state index in [4.69, 9.17) is 0 Å². The van der Waals surface area contributed by atoms with E-state index in [1.165, 1.54) is 29.9 Å².